The van der Waals surface area contributed by atoms with Gasteiger partial charge in [0.05, 0.1) is 7.11 Å². The number of carbonyl (C=O) groups excluding carboxylic acids is 1. The van der Waals surface area contributed by atoms with E-state index in [2.05, 4.69) is 58.4 Å². The van der Waals surface area contributed by atoms with Crippen molar-refractivity contribution in [2.75, 3.05) is 20.2 Å². The Bertz CT molecular complexity index is 968. The molecule has 1 aromatic rings. The first-order valence-corrected chi connectivity index (χ1v) is 10.4. The highest BCUT2D eigenvalue weighted by Crippen LogP contribution is 2.45. The van der Waals surface area contributed by atoms with Crippen LogP contribution in [0.25, 0.3) is 0 Å². The van der Waals surface area contributed by atoms with E-state index in [9.17, 15) is 4.79 Å². The molecule has 148 valence electrons. The third-order valence-corrected chi connectivity index (χ3v) is 6.41. The van der Waals surface area contributed by atoms with E-state index in [1.807, 2.05) is 18.2 Å². The summed E-state index contributed by atoms with van der Waals surface area (Å²) in [6.45, 7) is 1.77. The third-order valence-electron chi connectivity index (χ3n) is 6.41. The maximum Gasteiger partial charge on any atom is 0.323 e. The number of nitrogens with zero attached hydrogens (tertiary/aromatic N) is 2. The molecule has 0 aromatic heterocycles. The summed E-state index contributed by atoms with van der Waals surface area (Å²) in [7, 11) is 1.50. The van der Waals surface area contributed by atoms with Gasteiger partial charge in [-0.15, -0.1) is 0 Å². The Morgan fingerprint density at radius 1 is 1.07 bits per heavy atom. The van der Waals surface area contributed by atoms with Gasteiger partial charge in [-0.05, 0) is 47.6 Å². The number of esters is 1. The van der Waals surface area contributed by atoms with Gasteiger partial charge in [-0.3, -0.25) is 9.69 Å². The molecule has 4 nitrogen and oxygen atoms in total. The van der Waals surface area contributed by atoms with Crippen LogP contribution in [0.4, 0.5) is 0 Å². The predicted octanol–water partition coefficient (Wildman–Crippen LogP) is 3.75. The lowest BCUT2D eigenvalue weighted by Crippen LogP contribution is -2.51. The van der Waals surface area contributed by atoms with Gasteiger partial charge >= 0.3 is 5.97 Å². The molecule has 0 bridgehead atoms. The van der Waals surface area contributed by atoms with Crippen LogP contribution in [-0.2, 0) is 16.0 Å². The zero-order valence-electron chi connectivity index (χ0n) is 16.8. The van der Waals surface area contributed by atoms with E-state index in [0.717, 1.165) is 31.5 Å². The first-order chi connectivity index (χ1) is 14.3. The number of fused-ring (bicyclic) bond motifs is 5. The lowest BCUT2D eigenvalue weighted by Gasteiger charge is -2.44. The van der Waals surface area contributed by atoms with Gasteiger partial charge in [0.2, 0.25) is 0 Å². The van der Waals surface area contributed by atoms with Crippen LogP contribution in [0.3, 0.4) is 0 Å². The Morgan fingerprint density at radius 2 is 1.83 bits per heavy atom. The number of rotatable bonds is 4. The summed E-state index contributed by atoms with van der Waals surface area (Å²) >= 11 is 0. The fourth-order valence-corrected chi connectivity index (χ4v) is 5.09. The van der Waals surface area contributed by atoms with Crippen LogP contribution in [0, 0.1) is 0 Å². The number of allylic oxidation sites excluding steroid dienone is 7. The quantitative estimate of drug-likeness (QED) is 0.738. The van der Waals surface area contributed by atoms with Gasteiger partial charge in [0.15, 0.2) is 0 Å². The first kappa shape index (κ1) is 18.2. The fourth-order valence-electron chi connectivity index (χ4n) is 5.09. The maximum absolute atomic E-state index is 12.9. The van der Waals surface area contributed by atoms with Gasteiger partial charge in [0, 0.05) is 18.8 Å². The molecule has 5 rings (SSSR count). The van der Waals surface area contributed by atoms with Gasteiger partial charge in [0.25, 0.3) is 0 Å². The Balaban J connectivity index is 1.55. The monoisotopic (exact) mass is 386 g/mol. The second-order valence-corrected chi connectivity index (χ2v) is 7.93. The number of ether oxygens (including phenoxy) is 1. The van der Waals surface area contributed by atoms with Crippen LogP contribution < -0.4 is 0 Å². The minimum atomic E-state index is -0.299. The Labute approximate surface area is 172 Å². The Hall–Kier alpha value is -2.85. The molecule has 0 spiro atoms. The fraction of sp³-hybridized carbons (Fsp3) is 0.320. The van der Waals surface area contributed by atoms with E-state index in [0.29, 0.717) is 6.42 Å². The van der Waals surface area contributed by atoms with Gasteiger partial charge < -0.3 is 9.64 Å². The minimum absolute atomic E-state index is 0.0873. The van der Waals surface area contributed by atoms with Crippen LogP contribution in [0.1, 0.15) is 18.4 Å². The maximum atomic E-state index is 12.9. The molecule has 0 radical (unpaired) electrons. The van der Waals surface area contributed by atoms with E-state index >= 15 is 0 Å². The standard InChI is InChI=1S/C25H26N2O2/c1-29-25(28)23(17-18-9-3-2-4-10-18)27-16-15-26-22-14-8-7-12-20(22)19-11-5-6-13-21(19)24(26)27/h2-10,13-14,23-24H,11-12,15-17H2,1H3. The number of methoxy groups -OCH3 is 1. The highest BCUT2D eigenvalue weighted by molar-refractivity contribution is 5.76. The molecule has 0 amide bonds. The smallest absolute Gasteiger partial charge is 0.323 e. The van der Waals surface area contributed by atoms with Crippen molar-refractivity contribution in [2.45, 2.75) is 31.5 Å². The average molecular weight is 386 g/mol. The van der Waals surface area contributed by atoms with Crippen molar-refractivity contribution in [1.82, 2.24) is 9.80 Å². The molecular formula is C25H26N2O2. The molecule has 1 fully saturated rings. The third kappa shape index (κ3) is 3.08. The molecule has 2 aliphatic carbocycles. The minimum Gasteiger partial charge on any atom is -0.468 e. The van der Waals surface area contributed by atoms with Crippen LogP contribution in [-0.4, -0.2) is 48.2 Å². The van der Waals surface area contributed by atoms with Crippen LogP contribution in [0.15, 0.2) is 89.2 Å². The van der Waals surface area contributed by atoms with Crippen LogP contribution >= 0.6 is 0 Å². The molecule has 2 atom stereocenters. The first-order valence-electron chi connectivity index (χ1n) is 10.4. The molecule has 29 heavy (non-hydrogen) atoms. The van der Waals surface area contributed by atoms with Gasteiger partial charge in [-0.1, -0.05) is 60.7 Å². The zero-order valence-corrected chi connectivity index (χ0v) is 16.8. The molecule has 2 heterocycles. The summed E-state index contributed by atoms with van der Waals surface area (Å²) in [5, 5.41) is 0. The number of benzene rings is 1. The molecule has 4 heteroatoms. The number of hydrogen-bond acceptors (Lipinski definition) is 4. The summed E-state index contributed by atoms with van der Waals surface area (Å²) in [6, 6.07) is 9.95. The van der Waals surface area contributed by atoms with E-state index < -0.39 is 0 Å². The highest BCUT2D eigenvalue weighted by Gasteiger charge is 2.46. The predicted molar refractivity (Wildman–Crippen MR) is 114 cm³/mol. The summed E-state index contributed by atoms with van der Waals surface area (Å²) in [6.07, 6.45) is 16.0. The van der Waals surface area contributed by atoms with E-state index in [1.165, 1.54) is 29.5 Å². The lowest BCUT2D eigenvalue weighted by molar-refractivity contribution is -0.147. The molecule has 2 unspecified atom stereocenters. The Morgan fingerprint density at radius 3 is 2.62 bits per heavy atom. The largest absolute Gasteiger partial charge is 0.468 e. The molecule has 2 aliphatic heterocycles. The molecular weight excluding hydrogens is 360 g/mol. The zero-order chi connectivity index (χ0) is 19.8. The Kier molecular flexibility index (Phi) is 4.72. The lowest BCUT2D eigenvalue weighted by atomic mass is 9.82. The van der Waals surface area contributed by atoms with Crippen molar-refractivity contribution in [3.05, 3.63) is 94.8 Å². The van der Waals surface area contributed by atoms with Crippen LogP contribution in [0.5, 0.6) is 0 Å². The van der Waals surface area contributed by atoms with Crippen molar-refractivity contribution in [1.29, 1.82) is 0 Å². The second-order valence-electron chi connectivity index (χ2n) is 7.93. The summed E-state index contributed by atoms with van der Waals surface area (Å²) in [4.78, 5) is 17.7. The topological polar surface area (TPSA) is 32.8 Å². The number of hydrogen-bond donors (Lipinski definition) is 0. The molecule has 1 saturated heterocycles. The van der Waals surface area contributed by atoms with Crippen molar-refractivity contribution >= 4 is 5.97 Å². The van der Waals surface area contributed by atoms with Crippen molar-refractivity contribution in [3.8, 4) is 0 Å². The second kappa shape index (κ2) is 7.53. The SMILES string of the molecule is COC(=O)C(Cc1ccccc1)N1CCN2C3=CC=CCC3=C3CC=CC=C3C21. The van der Waals surface area contributed by atoms with E-state index in [4.69, 9.17) is 4.74 Å². The average Bonchev–Trinajstić information content (AvgIpc) is 3.23. The van der Waals surface area contributed by atoms with Gasteiger partial charge in [-0.2, -0.15) is 0 Å². The van der Waals surface area contributed by atoms with Crippen molar-refractivity contribution in [3.63, 3.8) is 0 Å². The summed E-state index contributed by atoms with van der Waals surface area (Å²) < 4.78 is 5.25. The van der Waals surface area contributed by atoms with E-state index in [-0.39, 0.29) is 18.2 Å². The van der Waals surface area contributed by atoms with Crippen molar-refractivity contribution < 1.29 is 9.53 Å². The summed E-state index contributed by atoms with van der Waals surface area (Å²) in [5.41, 5.74) is 6.70. The number of carbonyl (C=O) groups is 1. The van der Waals surface area contributed by atoms with Crippen LogP contribution in [0.2, 0.25) is 0 Å². The molecule has 1 aromatic carbocycles. The highest BCUT2D eigenvalue weighted by atomic mass is 16.5. The summed E-state index contributed by atoms with van der Waals surface area (Å²) in [5.74, 6) is -0.156. The van der Waals surface area contributed by atoms with E-state index in [1.54, 1.807) is 0 Å². The molecule has 4 aliphatic rings. The normalized spacial score (nSPS) is 23.8. The van der Waals surface area contributed by atoms with Gasteiger partial charge in [-0.25, -0.2) is 0 Å². The van der Waals surface area contributed by atoms with Crippen molar-refractivity contribution in [2.24, 2.45) is 0 Å². The van der Waals surface area contributed by atoms with Gasteiger partial charge in [0.1, 0.15) is 12.2 Å². The molecule has 0 N–H and O–H groups in total. The molecule has 0 saturated carbocycles.